The van der Waals surface area contributed by atoms with Crippen molar-refractivity contribution in [2.24, 2.45) is 10.9 Å². The first-order valence-electron chi connectivity index (χ1n) is 11.2. The molecule has 2 aromatic carbocycles. The lowest BCUT2D eigenvalue weighted by Gasteiger charge is -2.22. The minimum atomic E-state index is -0.0989. The molecule has 1 aliphatic heterocycles. The molecule has 2 aromatic rings. The molecule has 2 N–H and O–H groups in total. The maximum absolute atomic E-state index is 12.7. The number of rotatable bonds is 7. The van der Waals surface area contributed by atoms with E-state index in [4.69, 9.17) is 0 Å². The summed E-state index contributed by atoms with van der Waals surface area (Å²) in [4.78, 5) is 19.5. The van der Waals surface area contributed by atoms with Crippen molar-refractivity contribution in [3.8, 4) is 0 Å². The molecular weight excluding hydrogens is 396 g/mol. The van der Waals surface area contributed by atoms with Crippen LogP contribution in [-0.2, 0) is 0 Å². The van der Waals surface area contributed by atoms with Gasteiger partial charge < -0.3 is 15.5 Å². The molecule has 0 aromatic heterocycles. The number of allylic oxidation sites excluding steroid dienone is 2. The largest absolute Gasteiger partial charge is 0.379 e. The molecule has 1 amide bonds. The number of dihydropyridines is 1. The third-order valence-corrected chi connectivity index (χ3v) is 5.90. The Labute approximate surface area is 191 Å². The fourth-order valence-electron chi connectivity index (χ4n) is 3.52. The van der Waals surface area contributed by atoms with Gasteiger partial charge in [0.25, 0.3) is 5.91 Å². The summed E-state index contributed by atoms with van der Waals surface area (Å²) in [5, 5.41) is 6.56. The van der Waals surface area contributed by atoms with Crippen molar-refractivity contribution in [1.29, 1.82) is 0 Å². The molecule has 0 spiro atoms. The van der Waals surface area contributed by atoms with Crippen molar-refractivity contribution in [2.45, 2.75) is 40.7 Å². The molecule has 168 valence electrons. The van der Waals surface area contributed by atoms with E-state index in [1.54, 1.807) is 0 Å². The quantitative estimate of drug-likeness (QED) is 0.601. The molecule has 1 aliphatic rings. The highest BCUT2D eigenvalue weighted by atomic mass is 16.1. The number of nitrogens with one attached hydrogen (secondary N) is 2. The molecule has 0 radical (unpaired) electrons. The first-order chi connectivity index (χ1) is 15.3. The molecular formula is C27H34N4O. The Kier molecular flexibility index (Phi) is 7.52. The Morgan fingerprint density at radius 2 is 1.97 bits per heavy atom. The highest BCUT2D eigenvalue weighted by molar-refractivity contribution is 6.04. The van der Waals surface area contributed by atoms with Gasteiger partial charge in [0.2, 0.25) is 0 Å². The minimum absolute atomic E-state index is 0.0715. The van der Waals surface area contributed by atoms with Gasteiger partial charge in [-0.25, -0.2) is 0 Å². The number of aliphatic imine (C=N–C) groups is 1. The first kappa shape index (κ1) is 23.3. The molecule has 3 rings (SSSR count). The normalized spacial score (nSPS) is 17.6. The number of hydrogen-bond donors (Lipinski definition) is 2. The first-order valence-corrected chi connectivity index (χ1v) is 11.2. The number of carbonyl (C=O) groups excluding carboxylic acids is 1. The van der Waals surface area contributed by atoms with E-state index < -0.39 is 0 Å². The molecule has 5 nitrogen and oxygen atoms in total. The second-order valence-corrected chi connectivity index (χ2v) is 8.54. The van der Waals surface area contributed by atoms with Gasteiger partial charge in [0.1, 0.15) is 0 Å². The molecule has 0 bridgehead atoms. The van der Waals surface area contributed by atoms with E-state index in [2.05, 4.69) is 66.7 Å². The summed E-state index contributed by atoms with van der Waals surface area (Å²) in [5.74, 6) is 0.144. The third kappa shape index (κ3) is 5.88. The van der Waals surface area contributed by atoms with Crippen LogP contribution in [0.2, 0.25) is 0 Å². The second kappa shape index (κ2) is 10.3. The van der Waals surface area contributed by atoms with Crippen LogP contribution in [0.25, 0.3) is 0 Å². The van der Waals surface area contributed by atoms with E-state index >= 15 is 0 Å². The Hall–Kier alpha value is -3.34. The lowest BCUT2D eigenvalue weighted by Crippen LogP contribution is -2.22. The van der Waals surface area contributed by atoms with Crippen molar-refractivity contribution >= 4 is 17.8 Å². The van der Waals surface area contributed by atoms with Crippen LogP contribution < -0.4 is 10.6 Å². The number of aryl methyl sites for hydroxylation is 2. The van der Waals surface area contributed by atoms with Crippen molar-refractivity contribution in [3.05, 3.63) is 88.4 Å². The van der Waals surface area contributed by atoms with Crippen LogP contribution in [0.5, 0.6) is 0 Å². The summed E-state index contributed by atoms with van der Waals surface area (Å²) in [6.07, 6.45) is 6.18. The van der Waals surface area contributed by atoms with Crippen LogP contribution in [0.3, 0.4) is 0 Å². The SMILES string of the molecule is CCN(C)/C=C1/N=CC(N[C@@H](C)c2cccc(NC(=O)c3ccc(C)c(C)c3)c2)=CC1C. The van der Waals surface area contributed by atoms with Gasteiger partial charge in [0, 0.05) is 48.7 Å². The Bertz CT molecular complexity index is 1070. The van der Waals surface area contributed by atoms with Crippen LogP contribution in [0.15, 0.2) is 71.1 Å². The smallest absolute Gasteiger partial charge is 0.255 e. The Morgan fingerprint density at radius 3 is 2.66 bits per heavy atom. The van der Waals surface area contributed by atoms with Gasteiger partial charge in [0.15, 0.2) is 0 Å². The van der Waals surface area contributed by atoms with Crippen LogP contribution in [0.1, 0.15) is 53.9 Å². The molecule has 0 saturated heterocycles. The highest BCUT2D eigenvalue weighted by Crippen LogP contribution is 2.23. The molecule has 0 aliphatic carbocycles. The third-order valence-electron chi connectivity index (χ3n) is 5.90. The molecule has 1 unspecified atom stereocenters. The number of anilines is 1. The fourth-order valence-corrected chi connectivity index (χ4v) is 3.52. The van der Waals surface area contributed by atoms with Gasteiger partial charge in [-0.05, 0) is 68.7 Å². The lowest BCUT2D eigenvalue weighted by atomic mass is 10.0. The van der Waals surface area contributed by atoms with E-state index in [1.807, 2.05) is 56.5 Å². The minimum Gasteiger partial charge on any atom is -0.379 e. The fraction of sp³-hybridized carbons (Fsp3) is 0.333. The zero-order valence-corrected chi connectivity index (χ0v) is 19.9. The predicted octanol–water partition coefficient (Wildman–Crippen LogP) is 5.60. The maximum atomic E-state index is 12.7. The zero-order valence-electron chi connectivity index (χ0n) is 19.9. The van der Waals surface area contributed by atoms with Crippen LogP contribution in [0, 0.1) is 19.8 Å². The van der Waals surface area contributed by atoms with Crippen LogP contribution in [-0.4, -0.2) is 30.6 Å². The summed E-state index contributed by atoms with van der Waals surface area (Å²) in [6.45, 7) is 11.4. The molecule has 0 fully saturated rings. The monoisotopic (exact) mass is 430 g/mol. The topological polar surface area (TPSA) is 56.7 Å². The van der Waals surface area contributed by atoms with Crippen molar-refractivity contribution in [2.75, 3.05) is 18.9 Å². The van der Waals surface area contributed by atoms with Gasteiger partial charge in [-0.1, -0.05) is 31.2 Å². The molecule has 32 heavy (non-hydrogen) atoms. The van der Waals surface area contributed by atoms with Crippen molar-refractivity contribution < 1.29 is 4.79 Å². The summed E-state index contributed by atoms with van der Waals surface area (Å²) in [5.41, 5.74) is 6.90. The van der Waals surface area contributed by atoms with E-state index in [0.29, 0.717) is 5.56 Å². The summed E-state index contributed by atoms with van der Waals surface area (Å²) < 4.78 is 0. The van der Waals surface area contributed by atoms with Gasteiger partial charge in [-0.2, -0.15) is 0 Å². The standard InChI is InChI=1S/C27H34N4O/c1-7-31(6)17-26-20(4)14-25(16-28-26)29-21(5)22-9-8-10-24(15-22)30-27(32)23-12-11-18(2)19(3)13-23/h8-17,20-21,29H,7H2,1-6H3,(H,30,32)/b26-17+/t20?,21-/m0/s1. The lowest BCUT2D eigenvalue weighted by molar-refractivity contribution is 0.102. The van der Waals surface area contributed by atoms with Crippen molar-refractivity contribution in [3.63, 3.8) is 0 Å². The molecule has 0 saturated carbocycles. The summed E-state index contributed by atoms with van der Waals surface area (Å²) >= 11 is 0. The second-order valence-electron chi connectivity index (χ2n) is 8.54. The van der Waals surface area contributed by atoms with Crippen LogP contribution in [0.4, 0.5) is 5.69 Å². The van der Waals surface area contributed by atoms with E-state index in [1.165, 1.54) is 5.56 Å². The van der Waals surface area contributed by atoms with Crippen molar-refractivity contribution in [1.82, 2.24) is 10.2 Å². The molecule has 5 heteroatoms. The highest BCUT2D eigenvalue weighted by Gasteiger charge is 2.15. The van der Waals surface area contributed by atoms with Crippen LogP contribution >= 0.6 is 0 Å². The number of carbonyl (C=O) groups is 1. The number of hydrogen-bond acceptors (Lipinski definition) is 4. The van der Waals surface area contributed by atoms with Gasteiger partial charge in [-0.15, -0.1) is 0 Å². The van der Waals surface area contributed by atoms with Gasteiger partial charge in [0.05, 0.1) is 11.9 Å². The van der Waals surface area contributed by atoms with E-state index in [-0.39, 0.29) is 17.9 Å². The average Bonchev–Trinajstić information content (AvgIpc) is 2.77. The average molecular weight is 431 g/mol. The maximum Gasteiger partial charge on any atom is 0.255 e. The molecule has 2 atom stereocenters. The van der Waals surface area contributed by atoms with E-state index in [0.717, 1.165) is 34.8 Å². The number of nitrogens with zero attached hydrogens (tertiary/aromatic N) is 2. The van der Waals surface area contributed by atoms with Gasteiger partial charge in [-0.3, -0.25) is 9.79 Å². The van der Waals surface area contributed by atoms with Gasteiger partial charge >= 0.3 is 0 Å². The Balaban J connectivity index is 1.66. The zero-order chi connectivity index (χ0) is 23.3. The summed E-state index contributed by atoms with van der Waals surface area (Å²) in [6, 6.07) is 13.8. The summed E-state index contributed by atoms with van der Waals surface area (Å²) in [7, 11) is 2.06. The number of benzene rings is 2. The predicted molar refractivity (Wildman–Crippen MR) is 134 cm³/mol. The molecule has 1 heterocycles. The number of amides is 1. The Morgan fingerprint density at radius 1 is 1.19 bits per heavy atom. The van der Waals surface area contributed by atoms with E-state index in [9.17, 15) is 4.79 Å².